The van der Waals surface area contributed by atoms with Crippen LogP contribution in [0.5, 0.6) is 0 Å². The van der Waals surface area contributed by atoms with E-state index in [2.05, 4.69) is 27.9 Å². The minimum absolute atomic E-state index is 0.0875. The molecule has 1 aliphatic heterocycles. The van der Waals surface area contributed by atoms with Gasteiger partial charge in [-0.25, -0.2) is 4.79 Å². The van der Waals surface area contributed by atoms with E-state index in [0.29, 0.717) is 0 Å². The first-order valence-corrected chi connectivity index (χ1v) is 14.4. The second kappa shape index (κ2) is 14.0. The Morgan fingerprint density at radius 1 is 0.878 bits per heavy atom. The quantitative estimate of drug-likeness (QED) is 0.313. The van der Waals surface area contributed by atoms with Crippen LogP contribution in [-0.2, 0) is 36.8 Å². The summed E-state index contributed by atoms with van der Waals surface area (Å²) >= 11 is 0. The van der Waals surface area contributed by atoms with E-state index in [-0.39, 0.29) is 25.2 Å². The zero-order chi connectivity index (χ0) is 29.4. The molecule has 2 aromatic carbocycles. The summed E-state index contributed by atoms with van der Waals surface area (Å²) in [6.45, 7) is 5.59. The van der Waals surface area contributed by atoms with Crippen molar-refractivity contribution >= 4 is 34.6 Å². The largest absolute Gasteiger partial charge is 0.460 e. The summed E-state index contributed by atoms with van der Waals surface area (Å²) in [7, 11) is 0. The van der Waals surface area contributed by atoms with E-state index in [1.54, 1.807) is 6.92 Å². The highest BCUT2D eigenvalue weighted by Gasteiger charge is 2.33. The van der Waals surface area contributed by atoms with E-state index in [0.717, 1.165) is 41.3 Å². The number of hydrogen-bond donors (Lipinski definition) is 4. The molecule has 0 spiro atoms. The summed E-state index contributed by atoms with van der Waals surface area (Å²) in [6.07, 6.45) is 4.13. The van der Waals surface area contributed by atoms with Gasteiger partial charge < -0.3 is 25.7 Å². The van der Waals surface area contributed by atoms with E-state index in [9.17, 15) is 19.2 Å². The van der Waals surface area contributed by atoms with Gasteiger partial charge in [-0.1, -0.05) is 75.2 Å². The van der Waals surface area contributed by atoms with Gasteiger partial charge in [0.15, 0.2) is 0 Å². The van der Waals surface area contributed by atoms with Gasteiger partial charge in [0.05, 0.1) is 6.42 Å². The van der Waals surface area contributed by atoms with Gasteiger partial charge in [0.2, 0.25) is 17.7 Å². The maximum absolute atomic E-state index is 13.5. The monoisotopic (exact) mass is 560 g/mol. The number of hydrogen-bond acceptors (Lipinski definition) is 5. The summed E-state index contributed by atoms with van der Waals surface area (Å²) in [5, 5.41) is 9.33. The van der Waals surface area contributed by atoms with Gasteiger partial charge in [-0.15, -0.1) is 0 Å². The summed E-state index contributed by atoms with van der Waals surface area (Å²) < 4.78 is 5.96. The minimum atomic E-state index is -0.976. The number of unbranched alkanes of at least 4 members (excludes halogenated alkanes) is 1. The van der Waals surface area contributed by atoms with Crippen LogP contribution in [0.25, 0.3) is 10.9 Å². The van der Waals surface area contributed by atoms with Crippen molar-refractivity contribution in [1.82, 2.24) is 20.9 Å². The summed E-state index contributed by atoms with van der Waals surface area (Å²) in [6, 6.07) is 14.2. The summed E-state index contributed by atoms with van der Waals surface area (Å²) in [4.78, 5) is 56.7. The Morgan fingerprint density at radius 2 is 1.61 bits per heavy atom. The van der Waals surface area contributed by atoms with E-state index >= 15 is 0 Å². The normalized spacial score (nSPS) is 23.3. The lowest BCUT2D eigenvalue weighted by Gasteiger charge is -2.27. The lowest BCUT2D eigenvalue weighted by molar-refractivity contribution is -0.157. The number of aromatic amines is 1. The smallest absolute Gasteiger partial charge is 0.329 e. The van der Waals surface area contributed by atoms with Crippen molar-refractivity contribution in [2.75, 3.05) is 0 Å². The van der Waals surface area contributed by atoms with Crippen molar-refractivity contribution < 1.29 is 23.9 Å². The number of H-pyrrole nitrogens is 1. The lowest BCUT2D eigenvalue weighted by atomic mass is 9.95. The van der Waals surface area contributed by atoms with Gasteiger partial charge >= 0.3 is 5.97 Å². The zero-order valence-electron chi connectivity index (χ0n) is 23.9. The number of benzene rings is 2. The van der Waals surface area contributed by atoms with Gasteiger partial charge in [0.25, 0.3) is 0 Å². The first-order chi connectivity index (χ1) is 19.7. The standard InChI is InChI=1S/C32H40N4O5/c1-4-5-11-20(2)28-18-29(37)35-26(17-23-19-33-25-15-10-9-14-24(23)25)31(39)34-21(3)30(38)36-27(32(40)41-28)16-22-12-7-6-8-13-22/h6-10,12-15,19-21,26-28,33H,4-5,11,16-18H2,1-3H3,(H,34,39)(H,35,37)(H,36,38)/t20-,21-,26+,27+,28-/m0/s1. The molecular formula is C32H40N4O5. The second-order valence-electron chi connectivity index (χ2n) is 11.0. The molecule has 3 aromatic rings. The predicted molar refractivity (Wildman–Crippen MR) is 157 cm³/mol. The van der Waals surface area contributed by atoms with Gasteiger partial charge in [-0.2, -0.15) is 0 Å². The number of ether oxygens (including phenoxy) is 1. The first-order valence-electron chi connectivity index (χ1n) is 14.4. The Hall–Kier alpha value is -4.14. The van der Waals surface area contributed by atoms with Crippen LogP contribution in [0.15, 0.2) is 60.8 Å². The van der Waals surface area contributed by atoms with Crippen molar-refractivity contribution in [3.63, 3.8) is 0 Å². The van der Waals surface area contributed by atoms with Crippen molar-refractivity contribution in [2.24, 2.45) is 5.92 Å². The van der Waals surface area contributed by atoms with Gasteiger partial charge in [0, 0.05) is 29.9 Å². The fraction of sp³-hybridized carbons (Fsp3) is 0.438. The predicted octanol–water partition coefficient (Wildman–Crippen LogP) is 3.57. The Bertz CT molecular complexity index is 1350. The minimum Gasteiger partial charge on any atom is -0.460 e. The van der Waals surface area contributed by atoms with Crippen LogP contribution >= 0.6 is 0 Å². The molecule has 9 heteroatoms. The highest BCUT2D eigenvalue weighted by molar-refractivity contribution is 5.94. The molecule has 4 rings (SSSR count). The Balaban J connectivity index is 1.63. The third kappa shape index (κ3) is 7.96. The SMILES string of the molecule is CCCC[C@H](C)[C@@H]1CC(=O)N[C@H](Cc2c[nH]c3ccccc23)C(=O)N[C@@H](C)C(=O)N[C@H](Cc2ccccc2)C(=O)O1. The molecule has 0 unspecified atom stereocenters. The fourth-order valence-electron chi connectivity index (χ4n) is 5.19. The molecule has 0 saturated carbocycles. The lowest BCUT2D eigenvalue weighted by Crippen LogP contribution is -2.55. The molecule has 1 saturated heterocycles. The van der Waals surface area contributed by atoms with Crippen LogP contribution in [0.1, 0.15) is 57.6 Å². The molecular weight excluding hydrogens is 520 g/mol. The van der Waals surface area contributed by atoms with Gasteiger partial charge in [0.1, 0.15) is 24.2 Å². The number of para-hydroxylation sites is 1. The average molecular weight is 561 g/mol. The molecule has 1 aromatic heterocycles. The number of amides is 3. The number of aromatic nitrogens is 1. The third-order valence-corrected chi connectivity index (χ3v) is 7.69. The number of nitrogens with one attached hydrogen (secondary N) is 4. The Kier molecular flexibility index (Phi) is 10.2. The number of esters is 1. The van der Waals surface area contributed by atoms with Crippen molar-refractivity contribution in [3.05, 3.63) is 71.9 Å². The zero-order valence-corrected chi connectivity index (χ0v) is 23.9. The van der Waals surface area contributed by atoms with Crippen LogP contribution in [0.4, 0.5) is 0 Å². The molecule has 218 valence electrons. The molecule has 0 bridgehead atoms. The van der Waals surface area contributed by atoms with E-state index in [1.165, 1.54) is 0 Å². The van der Waals surface area contributed by atoms with Crippen LogP contribution in [0, 0.1) is 5.92 Å². The number of cyclic esters (lactones) is 1. The maximum Gasteiger partial charge on any atom is 0.329 e. The Morgan fingerprint density at radius 3 is 2.37 bits per heavy atom. The van der Waals surface area contributed by atoms with Crippen molar-refractivity contribution in [3.8, 4) is 0 Å². The molecule has 2 heterocycles. The molecule has 1 fully saturated rings. The molecule has 3 amide bonds. The van der Waals surface area contributed by atoms with E-state index in [1.807, 2.05) is 67.7 Å². The first kappa shape index (κ1) is 29.8. The van der Waals surface area contributed by atoms with Crippen LogP contribution < -0.4 is 16.0 Å². The summed E-state index contributed by atoms with van der Waals surface area (Å²) in [5.41, 5.74) is 2.64. The number of carbonyl (C=O) groups is 4. The molecule has 41 heavy (non-hydrogen) atoms. The van der Waals surface area contributed by atoms with E-state index in [4.69, 9.17) is 4.74 Å². The Labute approximate surface area is 240 Å². The molecule has 9 nitrogen and oxygen atoms in total. The van der Waals surface area contributed by atoms with Crippen LogP contribution in [-0.4, -0.2) is 52.9 Å². The second-order valence-corrected chi connectivity index (χ2v) is 11.0. The summed E-state index contributed by atoms with van der Waals surface area (Å²) in [5.74, 6) is -2.08. The third-order valence-electron chi connectivity index (χ3n) is 7.69. The number of fused-ring (bicyclic) bond motifs is 1. The van der Waals surface area contributed by atoms with Crippen molar-refractivity contribution in [2.45, 2.75) is 83.5 Å². The van der Waals surface area contributed by atoms with Crippen LogP contribution in [0.3, 0.4) is 0 Å². The van der Waals surface area contributed by atoms with Crippen molar-refractivity contribution in [1.29, 1.82) is 0 Å². The number of rotatable bonds is 8. The molecule has 0 radical (unpaired) electrons. The van der Waals surface area contributed by atoms with E-state index < -0.39 is 47.9 Å². The van der Waals surface area contributed by atoms with Gasteiger partial charge in [-0.05, 0) is 36.5 Å². The average Bonchev–Trinajstić information content (AvgIpc) is 3.37. The topological polar surface area (TPSA) is 129 Å². The maximum atomic E-state index is 13.5. The highest BCUT2D eigenvalue weighted by atomic mass is 16.5. The highest BCUT2D eigenvalue weighted by Crippen LogP contribution is 2.22. The molecule has 1 aliphatic rings. The molecule has 0 aliphatic carbocycles. The fourth-order valence-corrected chi connectivity index (χ4v) is 5.19. The van der Waals surface area contributed by atoms with Crippen LogP contribution in [0.2, 0.25) is 0 Å². The van der Waals surface area contributed by atoms with Gasteiger partial charge in [-0.3, -0.25) is 14.4 Å². The number of carbonyl (C=O) groups excluding carboxylic acids is 4. The molecule has 5 atom stereocenters. The molecule has 4 N–H and O–H groups in total.